The lowest BCUT2D eigenvalue weighted by Crippen LogP contribution is -2.18. The van der Waals surface area contributed by atoms with Gasteiger partial charge in [-0.25, -0.2) is 0 Å². The number of benzene rings is 1. The van der Waals surface area contributed by atoms with Gasteiger partial charge in [-0.1, -0.05) is 24.3 Å². The van der Waals surface area contributed by atoms with E-state index in [1.807, 2.05) is 4.57 Å². The molecule has 0 saturated heterocycles. The Hall–Kier alpha value is -1.35. The standard InChI is InChI=1S/C12H12ClN3/c13-12-15-14-8-16(12)11-6-5-9-3-1-2-4-10(9)7-11/h1-4,8,11H,5-7H2. The lowest BCUT2D eigenvalue weighted by Gasteiger charge is -2.25. The van der Waals surface area contributed by atoms with Crippen molar-refractivity contribution < 1.29 is 0 Å². The first-order valence-corrected chi connectivity index (χ1v) is 5.84. The normalized spacial score (nSPS) is 19.4. The van der Waals surface area contributed by atoms with E-state index in [1.54, 1.807) is 6.33 Å². The number of nitrogens with zero attached hydrogens (tertiary/aromatic N) is 3. The largest absolute Gasteiger partial charge is 0.301 e. The van der Waals surface area contributed by atoms with E-state index >= 15 is 0 Å². The van der Waals surface area contributed by atoms with Crippen LogP contribution >= 0.6 is 11.6 Å². The maximum atomic E-state index is 5.99. The van der Waals surface area contributed by atoms with E-state index < -0.39 is 0 Å². The van der Waals surface area contributed by atoms with E-state index in [0.29, 0.717) is 11.3 Å². The van der Waals surface area contributed by atoms with Crippen molar-refractivity contribution in [1.82, 2.24) is 14.8 Å². The fourth-order valence-electron chi connectivity index (χ4n) is 2.39. The molecule has 16 heavy (non-hydrogen) atoms. The highest BCUT2D eigenvalue weighted by atomic mass is 35.5. The summed E-state index contributed by atoms with van der Waals surface area (Å²) in [5, 5.41) is 8.15. The van der Waals surface area contributed by atoms with E-state index in [-0.39, 0.29) is 0 Å². The zero-order valence-corrected chi connectivity index (χ0v) is 9.56. The second kappa shape index (κ2) is 3.91. The summed E-state index contributed by atoms with van der Waals surface area (Å²) >= 11 is 5.99. The molecule has 0 N–H and O–H groups in total. The van der Waals surface area contributed by atoms with Crippen molar-refractivity contribution in [1.29, 1.82) is 0 Å². The molecule has 82 valence electrons. The number of aryl methyl sites for hydroxylation is 1. The second-order valence-electron chi connectivity index (χ2n) is 4.17. The number of fused-ring (bicyclic) bond motifs is 1. The molecule has 0 spiro atoms. The predicted octanol–water partition coefficient (Wildman–Crippen LogP) is 2.66. The van der Waals surface area contributed by atoms with E-state index in [9.17, 15) is 0 Å². The van der Waals surface area contributed by atoms with Gasteiger partial charge in [-0.15, -0.1) is 10.2 Å². The molecule has 0 radical (unpaired) electrons. The van der Waals surface area contributed by atoms with Gasteiger partial charge in [0.05, 0.1) is 0 Å². The molecule has 1 aromatic carbocycles. The van der Waals surface area contributed by atoms with Crippen LogP contribution in [0.4, 0.5) is 0 Å². The fourth-order valence-corrected chi connectivity index (χ4v) is 2.61. The number of halogens is 1. The van der Waals surface area contributed by atoms with Gasteiger partial charge in [-0.2, -0.15) is 0 Å². The molecule has 0 amide bonds. The summed E-state index contributed by atoms with van der Waals surface area (Å²) in [4.78, 5) is 0. The van der Waals surface area contributed by atoms with Gasteiger partial charge < -0.3 is 4.57 Å². The Balaban J connectivity index is 1.91. The number of rotatable bonds is 1. The van der Waals surface area contributed by atoms with Crippen LogP contribution in [0.15, 0.2) is 30.6 Å². The molecule has 1 unspecified atom stereocenters. The second-order valence-corrected chi connectivity index (χ2v) is 4.51. The monoisotopic (exact) mass is 233 g/mol. The molecular formula is C12H12ClN3. The highest BCUT2D eigenvalue weighted by Gasteiger charge is 2.21. The summed E-state index contributed by atoms with van der Waals surface area (Å²) in [6, 6.07) is 9.00. The summed E-state index contributed by atoms with van der Waals surface area (Å²) in [7, 11) is 0. The molecule has 0 bridgehead atoms. The molecular weight excluding hydrogens is 222 g/mol. The third-order valence-corrected chi connectivity index (χ3v) is 3.51. The van der Waals surface area contributed by atoms with Gasteiger partial charge in [0.15, 0.2) is 0 Å². The minimum Gasteiger partial charge on any atom is -0.301 e. The van der Waals surface area contributed by atoms with E-state index in [1.165, 1.54) is 11.1 Å². The lowest BCUT2D eigenvalue weighted by molar-refractivity contribution is 0.441. The zero-order valence-electron chi connectivity index (χ0n) is 8.81. The summed E-state index contributed by atoms with van der Waals surface area (Å²) < 4.78 is 1.97. The maximum Gasteiger partial charge on any atom is 0.225 e. The van der Waals surface area contributed by atoms with Gasteiger partial charge >= 0.3 is 0 Å². The van der Waals surface area contributed by atoms with Crippen LogP contribution in [-0.4, -0.2) is 14.8 Å². The average molecular weight is 234 g/mol. The van der Waals surface area contributed by atoms with Crippen molar-refractivity contribution in [3.63, 3.8) is 0 Å². The van der Waals surface area contributed by atoms with Crippen molar-refractivity contribution in [3.05, 3.63) is 47.0 Å². The van der Waals surface area contributed by atoms with Gasteiger partial charge in [-0.05, 0) is 42.0 Å². The Morgan fingerprint density at radius 1 is 1.25 bits per heavy atom. The van der Waals surface area contributed by atoms with Crippen molar-refractivity contribution >= 4 is 11.6 Å². The molecule has 1 aliphatic carbocycles. The first kappa shape index (κ1) is 9.85. The van der Waals surface area contributed by atoms with Gasteiger partial charge in [0.25, 0.3) is 0 Å². The first-order valence-electron chi connectivity index (χ1n) is 5.46. The van der Waals surface area contributed by atoms with Gasteiger partial charge in [-0.3, -0.25) is 0 Å². The molecule has 2 aromatic rings. The van der Waals surface area contributed by atoms with Crippen LogP contribution in [-0.2, 0) is 12.8 Å². The fraction of sp³-hybridized carbons (Fsp3) is 0.333. The molecule has 1 heterocycles. The quantitative estimate of drug-likeness (QED) is 0.758. The molecule has 1 aliphatic rings. The third kappa shape index (κ3) is 1.61. The van der Waals surface area contributed by atoms with Crippen LogP contribution in [0.1, 0.15) is 23.6 Å². The van der Waals surface area contributed by atoms with E-state index in [0.717, 1.165) is 19.3 Å². The molecule has 4 heteroatoms. The summed E-state index contributed by atoms with van der Waals surface area (Å²) in [5.41, 5.74) is 2.88. The molecule has 0 aliphatic heterocycles. The topological polar surface area (TPSA) is 30.7 Å². The predicted molar refractivity (Wildman–Crippen MR) is 62.5 cm³/mol. The van der Waals surface area contributed by atoms with Crippen LogP contribution in [0.25, 0.3) is 0 Å². The van der Waals surface area contributed by atoms with Crippen LogP contribution in [0, 0.1) is 0 Å². The Kier molecular flexibility index (Phi) is 2.40. The lowest BCUT2D eigenvalue weighted by atomic mass is 9.88. The molecule has 1 atom stereocenters. The minimum atomic E-state index is 0.400. The van der Waals surface area contributed by atoms with Crippen molar-refractivity contribution in [3.8, 4) is 0 Å². The van der Waals surface area contributed by atoms with Gasteiger partial charge in [0.2, 0.25) is 5.28 Å². The number of aromatic nitrogens is 3. The SMILES string of the molecule is Clc1nncn1C1CCc2ccccc2C1. The minimum absolute atomic E-state index is 0.400. The maximum absolute atomic E-state index is 5.99. The molecule has 3 nitrogen and oxygen atoms in total. The first-order chi connectivity index (χ1) is 7.84. The Morgan fingerprint density at radius 2 is 2.06 bits per heavy atom. The average Bonchev–Trinajstić information content (AvgIpc) is 2.75. The van der Waals surface area contributed by atoms with Gasteiger partial charge in [0, 0.05) is 6.04 Å². The Bertz CT molecular complexity index is 506. The molecule has 0 saturated carbocycles. The van der Waals surface area contributed by atoms with E-state index in [2.05, 4.69) is 34.5 Å². The van der Waals surface area contributed by atoms with Crippen LogP contribution < -0.4 is 0 Å². The van der Waals surface area contributed by atoms with Crippen LogP contribution in [0.5, 0.6) is 0 Å². The zero-order chi connectivity index (χ0) is 11.0. The van der Waals surface area contributed by atoms with E-state index in [4.69, 9.17) is 11.6 Å². The third-order valence-electron chi connectivity index (χ3n) is 3.24. The summed E-state index contributed by atoms with van der Waals surface area (Å²) in [6.07, 6.45) is 4.96. The van der Waals surface area contributed by atoms with Crippen molar-refractivity contribution in [2.24, 2.45) is 0 Å². The van der Waals surface area contributed by atoms with Gasteiger partial charge in [0.1, 0.15) is 6.33 Å². The Morgan fingerprint density at radius 3 is 2.81 bits per heavy atom. The van der Waals surface area contributed by atoms with Crippen molar-refractivity contribution in [2.45, 2.75) is 25.3 Å². The smallest absolute Gasteiger partial charge is 0.225 e. The number of hydrogen-bond donors (Lipinski definition) is 0. The van der Waals surface area contributed by atoms with Crippen LogP contribution in [0.3, 0.4) is 0 Å². The van der Waals surface area contributed by atoms with Crippen molar-refractivity contribution in [2.75, 3.05) is 0 Å². The Labute approximate surface area is 99.1 Å². The molecule has 3 rings (SSSR count). The molecule has 1 aromatic heterocycles. The van der Waals surface area contributed by atoms with Crippen LogP contribution in [0.2, 0.25) is 5.28 Å². The number of hydrogen-bond acceptors (Lipinski definition) is 2. The molecule has 0 fully saturated rings. The summed E-state index contributed by atoms with van der Waals surface area (Å²) in [6.45, 7) is 0. The highest BCUT2D eigenvalue weighted by molar-refractivity contribution is 6.28. The highest BCUT2D eigenvalue weighted by Crippen LogP contribution is 2.29. The summed E-state index contributed by atoms with van der Waals surface area (Å²) in [5.74, 6) is 0.